The van der Waals surface area contributed by atoms with Crippen molar-refractivity contribution in [1.29, 1.82) is 0 Å². The van der Waals surface area contributed by atoms with Gasteiger partial charge in [-0.15, -0.1) is 0 Å². The number of primary amides is 1. The number of rotatable bonds is 7. The lowest BCUT2D eigenvalue weighted by molar-refractivity contribution is 0.0997. The van der Waals surface area contributed by atoms with Gasteiger partial charge in [-0.2, -0.15) is 4.31 Å². The first-order valence-corrected chi connectivity index (χ1v) is 9.65. The average Bonchev–Trinajstić information content (AvgIpc) is 2.63. The molecule has 0 aliphatic carbocycles. The summed E-state index contributed by atoms with van der Waals surface area (Å²) in [5.74, 6) is -2.27. The van der Waals surface area contributed by atoms with Gasteiger partial charge in [0, 0.05) is 24.3 Å². The molecule has 27 heavy (non-hydrogen) atoms. The average molecular weight is 393 g/mol. The largest absolute Gasteiger partial charge is 0.366 e. The van der Waals surface area contributed by atoms with Crippen LogP contribution < -0.4 is 11.1 Å². The van der Waals surface area contributed by atoms with Crippen LogP contribution in [0.15, 0.2) is 47.4 Å². The Kier molecular flexibility index (Phi) is 6.29. The van der Waals surface area contributed by atoms with E-state index >= 15 is 0 Å². The van der Waals surface area contributed by atoms with E-state index in [2.05, 4.69) is 5.32 Å². The minimum absolute atomic E-state index is 0.165. The highest BCUT2D eigenvalue weighted by molar-refractivity contribution is 7.89. The molecule has 9 heteroatoms. The first kappa shape index (κ1) is 20.5. The van der Waals surface area contributed by atoms with Gasteiger partial charge in [0.2, 0.25) is 15.9 Å². The van der Waals surface area contributed by atoms with E-state index in [0.29, 0.717) is 5.69 Å². The van der Waals surface area contributed by atoms with Crippen molar-refractivity contribution in [3.05, 3.63) is 59.4 Å². The van der Waals surface area contributed by atoms with E-state index in [1.165, 1.54) is 28.6 Å². The number of nitrogens with zero attached hydrogens (tertiary/aromatic N) is 1. The Labute approximate surface area is 157 Å². The van der Waals surface area contributed by atoms with Crippen LogP contribution >= 0.6 is 0 Å². The number of sulfonamides is 1. The van der Waals surface area contributed by atoms with Gasteiger partial charge in [0.25, 0.3) is 5.91 Å². The molecule has 3 N–H and O–H groups in total. The number of amides is 2. The number of nitrogens with two attached hydrogens (primary N) is 1. The summed E-state index contributed by atoms with van der Waals surface area (Å²) < 4.78 is 40.5. The highest BCUT2D eigenvalue weighted by atomic mass is 32.2. The number of hydrogen-bond acceptors (Lipinski definition) is 4. The predicted molar refractivity (Wildman–Crippen MR) is 99.4 cm³/mol. The Morgan fingerprint density at radius 2 is 1.67 bits per heavy atom. The molecule has 0 aromatic heterocycles. The fourth-order valence-corrected chi connectivity index (χ4v) is 3.95. The second-order valence-corrected chi connectivity index (χ2v) is 7.56. The highest BCUT2D eigenvalue weighted by Crippen LogP contribution is 2.20. The SMILES string of the molecule is CCN(CC)S(=O)(=O)c1ccc(F)c(C(=O)Nc2ccc(C(N)=O)cc2)c1. The summed E-state index contributed by atoms with van der Waals surface area (Å²) in [6, 6.07) is 8.78. The zero-order valence-electron chi connectivity index (χ0n) is 14.9. The number of carbonyl (C=O) groups excluding carboxylic acids is 2. The summed E-state index contributed by atoms with van der Waals surface area (Å²) in [6.07, 6.45) is 0. The molecular formula is C18H20FN3O4S. The third-order valence-corrected chi connectivity index (χ3v) is 6.00. The number of hydrogen-bond donors (Lipinski definition) is 2. The van der Waals surface area contributed by atoms with Crippen molar-refractivity contribution in [3.63, 3.8) is 0 Å². The highest BCUT2D eigenvalue weighted by Gasteiger charge is 2.24. The van der Waals surface area contributed by atoms with Crippen molar-refractivity contribution >= 4 is 27.5 Å². The van der Waals surface area contributed by atoms with Gasteiger partial charge in [0.1, 0.15) is 5.82 Å². The van der Waals surface area contributed by atoms with Crippen molar-refractivity contribution < 1.29 is 22.4 Å². The summed E-state index contributed by atoms with van der Waals surface area (Å²) in [5, 5.41) is 2.46. The minimum Gasteiger partial charge on any atom is -0.366 e. The molecule has 0 spiro atoms. The monoisotopic (exact) mass is 393 g/mol. The summed E-state index contributed by atoms with van der Waals surface area (Å²) in [7, 11) is -3.83. The molecule has 2 aromatic carbocycles. The molecule has 0 bridgehead atoms. The molecule has 144 valence electrons. The predicted octanol–water partition coefficient (Wildman–Crippen LogP) is 2.21. The Morgan fingerprint density at radius 3 is 2.19 bits per heavy atom. The van der Waals surface area contributed by atoms with Crippen molar-refractivity contribution in [2.75, 3.05) is 18.4 Å². The van der Waals surface area contributed by atoms with Crippen LogP contribution in [0.2, 0.25) is 0 Å². The van der Waals surface area contributed by atoms with Crippen LogP contribution in [0.1, 0.15) is 34.6 Å². The number of anilines is 1. The van der Waals surface area contributed by atoms with Gasteiger partial charge in [-0.25, -0.2) is 12.8 Å². The maximum absolute atomic E-state index is 14.1. The van der Waals surface area contributed by atoms with E-state index in [4.69, 9.17) is 5.73 Å². The molecule has 2 aromatic rings. The Hall–Kier alpha value is -2.78. The third kappa shape index (κ3) is 4.50. The molecule has 0 saturated heterocycles. The van der Waals surface area contributed by atoms with Crippen molar-refractivity contribution in [3.8, 4) is 0 Å². The zero-order chi connectivity index (χ0) is 20.2. The van der Waals surface area contributed by atoms with E-state index in [9.17, 15) is 22.4 Å². The molecule has 0 radical (unpaired) electrons. The van der Waals surface area contributed by atoms with E-state index in [-0.39, 0.29) is 23.5 Å². The maximum Gasteiger partial charge on any atom is 0.258 e. The summed E-state index contributed by atoms with van der Waals surface area (Å²) in [5.41, 5.74) is 5.31. The number of benzene rings is 2. The molecule has 7 nitrogen and oxygen atoms in total. The lowest BCUT2D eigenvalue weighted by Gasteiger charge is -2.19. The zero-order valence-corrected chi connectivity index (χ0v) is 15.7. The smallest absolute Gasteiger partial charge is 0.258 e. The summed E-state index contributed by atoms with van der Waals surface area (Å²) in [4.78, 5) is 23.3. The summed E-state index contributed by atoms with van der Waals surface area (Å²) >= 11 is 0. The van der Waals surface area contributed by atoms with Gasteiger partial charge < -0.3 is 11.1 Å². The van der Waals surface area contributed by atoms with Crippen LogP contribution in [-0.2, 0) is 10.0 Å². The van der Waals surface area contributed by atoms with Crippen LogP contribution in [0.3, 0.4) is 0 Å². The fraction of sp³-hybridized carbons (Fsp3) is 0.222. The van der Waals surface area contributed by atoms with Gasteiger partial charge in [-0.1, -0.05) is 13.8 Å². The standard InChI is InChI=1S/C18H20FN3O4S/c1-3-22(4-2)27(25,26)14-9-10-16(19)15(11-14)18(24)21-13-7-5-12(6-8-13)17(20)23/h5-11H,3-4H2,1-2H3,(H2,20,23)(H,21,24). The third-order valence-electron chi connectivity index (χ3n) is 3.95. The van der Waals surface area contributed by atoms with Crippen LogP contribution in [-0.4, -0.2) is 37.6 Å². The topological polar surface area (TPSA) is 110 Å². The molecule has 0 aliphatic rings. The summed E-state index contributed by atoms with van der Waals surface area (Å²) in [6.45, 7) is 3.88. The van der Waals surface area contributed by atoms with E-state index in [1.807, 2.05) is 0 Å². The Morgan fingerprint density at radius 1 is 1.07 bits per heavy atom. The molecule has 2 rings (SSSR count). The quantitative estimate of drug-likeness (QED) is 0.751. The fourth-order valence-electron chi connectivity index (χ4n) is 2.47. The van der Waals surface area contributed by atoms with Crippen molar-refractivity contribution in [2.24, 2.45) is 5.73 Å². The second kappa shape index (κ2) is 8.28. The molecule has 0 unspecified atom stereocenters. The molecule has 0 atom stereocenters. The first-order valence-electron chi connectivity index (χ1n) is 8.21. The van der Waals surface area contributed by atoms with Crippen LogP contribution in [0.25, 0.3) is 0 Å². The van der Waals surface area contributed by atoms with Crippen molar-refractivity contribution in [1.82, 2.24) is 4.31 Å². The lowest BCUT2D eigenvalue weighted by Crippen LogP contribution is -2.31. The number of nitrogens with one attached hydrogen (secondary N) is 1. The molecule has 0 fully saturated rings. The first-order chi connectivity index (χ1) is 12.7. The van der Waals surface area contributed by atoms with E-state index in [1.54, 1.807) is 13.8 Å². The van der Waals surface area contributed by atoms with Gasteiger partial charge in [-0.3, -0.25) is 9.59 Å². The maximum atomic E-state index is 14.1. The van der Waals surface area contributed by atoms with Gasteiger partial charge in [0.05, 0.1) is 10.5 Å². The number of halogens is 1. The van der Waals surface area contributed by atoms with E-state index in [0.717, 1.165) is 18.2 Å². The Balaban J connectivity index is 2.32. The number of carbonyl (C=O) groups is 2. The minimum atomic E-state index is -3.83. The van der Waals surface area contributed by atoms with Crippen molar-refractivity contribution in [2.45, 2.75) is 18.7 Å². The van der Waals surface area contributed by atoms with Crippen LogP contribution in [0, 0.1) is 5.82 Å². The lowest BCUT2D eigenvalue weighted by atomic mass is 10.1. The Bertz CT molecular complexity index is 955. The molecule has 2 amide bonds. The molecule has 0 saturated carbocycles. The molecule has 0 heterocycles. The van der Waals surface area contributed by atoms with Gasteiger partial charge >= 0.3 is 0 Å². The van der Waals surface area contributed by atoms with Gasteiger partial charge in [0.15, 0.2) is 0 Å². The molecule has 0 aliphatic heterocycles. The second-order valence-electron chi connectivity index (χ2n) is 5.63. The van der Waals surface area contributed by atoms with Gasteiger partial charge in [-0.05, 0) is 42.5 Å². The normalized spacial score (nSPS) is 11.4. The van der Waals surface area contributed by atoms with E-state index < -0.39 is 33.2 Å². The van der Waals surface area contributed by atoms with Crippen LogP contribution in [0.4, 0.5) is 10.1 Å². The molecular weight excluding hydrogens is 373 g/mol. The van der Waals surface area contributed by atoms with Crippen LogP contribution in [0.5, 0.6) is 0 Å².